The molecule has 0 spiro atoms. The van der Waals surface area contributed by atoms with E-state index in [0.29, 0.717) is 13.0 Å². The van der Waals surface area contributed by atoms with Crippen LogP contribution in [0.15, 0.2) is 23.1 Å². The molecule has 1 aromatic rings. The smallest absolute Gasteiger partial charge is 0.240 e. The topological polar surface area (TPSA) is 75.6 Å². The van der Waals surface area contributed by atoms with Gasteiger partial charge in [0.2, 0.25) is 10.0 Å². The van der Waals surface area contributed by atoms with Gasteiger partial charge in [0.05, 0.1) is 18.1 Å². The van der Waals surface area contributed by atoms with Gasteiger partial charge in [0, 0.05) is 6.04 Å². The molecule has 0 radical (unpaired) electrons. The van der Waals surface area contributed by atoms with E-state index in [1.807, 2.05) is 20.8 Å². The Labute approximate surface area is 140 Å². The van der Waals surface area contributed by atoms with E-state index < -0.39 is 16.1 Å². The van der Waals surface area contributed by atoms with E-state index in [1.54, 1.807) is 18.2 Å². The summed E-state index contributed by atoms with van der Waals surface area (Å²) in [4.78, 5) is 0.205. The van der Waals surface area contributed by atoms with Crippen LogP contribution in [0.25, 0.3) is 0 Å². The molecule has 1 aromatic carbocycles. The largest absolute Gasteiger partial charge is 0.493 e. The lowest BCUT2D eigenvalue weighted by Gasteiger charge is -2.18. The summed E-state index contributed by atoms with van der Waals surface area (Å²) in [7, 11) is -3.65. The second-order valence-corrected chi connectivity index (χ2v) is 7.68. The second-order valence-electron chi connectivity index (χ2n) is 5.97. The van der Waals surface area contributed by atoms with E-state index in [9.17, 15) is 13.5 Å². The summed E-state index contributed by atoms with van der Waals surface area (Å²) in [5.41, 5.74) is 0.876. The molecule has 0 aliphatic rings. The quantitative estimate of drug-likeness (QED) is 0.640. The first-order valence-electron chi connectivity index (χ1n) is 8.25. The lowest BCUT2D eigenvalue weighted by molar-refractivity contribution is 0.254. The monoisotopic (exact) mass is 343 g/mol. The minimum atomic E-state index is -3.65. The highest BCUT2D eigenvalue weighted by molar-refractivity contribution is 7.89. The minimum absolute atomic E-state index is 0.154. The van der Waals surface area contributed by atoms with Crippen LogP contribution in [-0.2, 0) is 10.0 Å². The third kappa shape index (κ3) is 5.79. The highest BCUT2D eigenvalue weighted by Gasteiger charge is 2.21. The molecule has 0 heterocycles. The SMILES string of the molecule is CCCCOc1ccc(S(=O)(=O)N[C@H](CC)CO)cc1C(C)C. The molecule has 23 heavy (non-hydrogen) atoms. The van der Waals surface area contributed by atoms with Crippen LogP contribution in [0.1, 0.15) is 58.4 Å². The van der Waals surface area contributed by atoms with Crippen LogP contribution in [0.5, 0.6) is 5.75 Å². The number of nitrogens with one attached hydrogen (secondary N) is 1. The van der Waals surface area contributed by atoms with Crippen LogP contribution in [0.2, 0.25) is 0 Å². The molecule has 0 aliphatic heterocycles. The molecular formula is C17H29NO4S. The summed E-state index contributed by atoms with van der Waals surface area (Å²) in [6.07, 6.45) is 2.55. The number of unbranched alkanes of at least 4 members (excludes halogenated alkanes) is 1. The van der Waals surface area contributed by atoms with Crippen molar-refractivity contribution in [3.05, 3.63) is 23.8 Å². The van der Waals surface area contributed by atoms with E-state index in [0.717, 1.165) is 24.2 Å². The minimum Gasteiger partial charge on any atom is -0.493 e. The van der Waals surface area contributed by atoms with Gasteiger partial charge >= 0.3 is 0 Å². The van der Waals surface area contributed by atoms with Crippen molar-refractivity contribution in [2.75, 3.05) is 13.2 Å². The first kappa shape index (κ1) is 19.9. The summed E-state index contributed by atoms with van der Waals surface area (Å²) in [5, 5.41) is 9.20. The van der Waals surface area contributed by atoms with E-state index >= 15 is 0 Å². The first-order chi connectivity index (χ1) is 10.9. The predicted octanol–water partition coefficient (Wildman–Crippen LogP) is 3.04. The molecule has 0 aromatic heterocycles. The van der Waals surface area contributed by atoms with Gasteiger partial charge in [0.1, 0.15) is 5.75 Å². The first-order valence-corrected chi connectivity index (χ1v) is 9.73. The van der Waals surface area contributed by atoms with Gasteiger partial charge in [0.25, 0.3) is 0 Å². The van der Waals surface area contributed by atoms with Gasteiger partial charge in [-0.2, -0.15) is 0 Å². The van der Waals surface area contributed by atoms with Gasteiger partial charge in [-0.1, -0.05) is 34.1 Å². The molecule has 6 heteroatoms. The van der Waals surface area contributed by atoms with Gasteiger partial charge in [-0.05, 0) is 42.5 Å². The normalized spacial score (nSPS) is 13.3. The average Bonchev–Trinajstić information content (AvgIpc) is 2.52. The van der Waals surface area contributed by atoms with E-state index in [-0.39, 0.29) is 17.4 Å². The van der Waals surface area contributed by atoms with Crippen LogP contribution in [0.3, 0.4) is 0 Å². The fourth-order valence-electron chi connectivity index (χ4n) is 2.14. The van der Waals surface area contributed by atoms with Gasteiger partial charge in [-0.3, -0.25) is 0 Å². The number of aliphatic hydroxyl groups is 1. The van der Waals surface area contributed by atoms with E-state index in [4.69, 9.17) is 4.74 Å². The second kappa shape index (κ2) is 9.25. The van der Waals surface area contributed by atoms with Gasteiger partial charge in [-0.25, -0.2) is 13.1 Å². The molecule has 0 fully saturated rings. The molecule has 0 bridgehead atoms. The van der Waals surface area contributed by atoms with Crippen LogP contribution < -0.4 is 9.46 Å². The molecule has 2 N–H and O–H groups in total. The lowest BCUT2D eigenvalue weighted by Crippen LogP contribution is -2.36. The number of rotatable bonds is 10. The Kier molecular flexibility index (Phi) is 8.02. The molecule has 5 nitrogen and oxygen atoms in total. The van der Waals surface area contributed by atoms with Crippen molar-refractivity contribution in [1.82, 2.24) is 4.72 Å². The standard InChI is InChI=1S/C17H29NO4S/c1-5-7-10-22-17-9-8-15(11-16(17)13(3)4)23(20,21)18-14(6-2)12-19/h8-9,11,13-14,18-19H,5-7,10,12H2,1-4H3/t14-/m1/s1. The Balaban J connectivity index is 3.07. The van der Waals surface area contributed by atoms with E-state index in [2.05, 4.69) is 11.6 Å². The number of hydrogen-bond acceptors (Lipinski definition) is 4. The molecule has 0 saturated carbocycles. The van der Waals surface area contributed by atoms with Crippen molar-refractivity contribution in [3.8, 4) is 5.75 Å². The highest BCUT2D eigenvalue weighted by atomic mass is 32.2. The number of benzene rings is 1. The Morgan fingerprint density at radius 1 is 1.26 bits per heavy atom. The lowest BCUT2D eigenvalue weighted by atomic mass is 10.0. The molecule has 1 atom stereocenters. The molecule has 0 unspecified atom stereocenters. The van der Waals surface area contributed by atoms with Crippen molar-refractivity contribution in [1.29, 1.82) is 0 Å². The highest BCUT2D eigenvalue weighted by Crippen LogP contribution is 2.29. The van der Waals surface area contributed by atoms with Crippen LogP contribution in [0.4, 0.5) is 0 Å². The molecule has 0 saturated heterocycles. The molecule has 0 aliphatic carbocycles. The maximum Gasteiger partial charge on any atom is 0.240 e. The maximum atomic E-state index is 12.4. The van der Waals surface area contributed by atoms with Crippen LogP contribution in [-0.4, -0.2) is 32.8 Å². The Morgan fingerprint density at radius 2 is 1.96 bits per heavy atom. The van der Waals surface area contributed by atoms with Crippen LogP contribution >= 0.6 is 0 Å². The fraction of sp³-hybridized carbons (Fsp3) is 0.647. The number of aliphatic hydroxyl groups excluding tert-OH is 1. The van der Waals surface area contributed by atoms with Crippen molar-refractivity contribution < 1.29 is 18.3 Å². The summed E-state index contributed by atoms with van der Waals surface area (Å²) in [6.45, 7) is 8.35. The zero-order valence-corrected chi connectivity index (χ0v) is 15.3. The van der Waals surface area contributed by atoms with E-state index in [1.165, 1.54) is 0 Å². The molecule has 1 rings (SSSR count). The Morgan fingerprint density at radius 3 is 2.48 bits per heavy atom. The third-order valence-electron chi connectivity index (χ3n) is 3.70. The van der Waals surface area contributed by atoms with Gasteiger partial charge in [0.15, 0.2) is 0 Å². The van der Waals surface area contributed by atoms with Gasteiger partial charge in [-0.15, -0.1) is 0 Å². The summed E-state index contributed by atoms with van der Waals surface area (Å²) in [5.74, 6) is 0.892. The van der Waals surface area contributed by atoms with Crippen molar-refractivity contribution in [2.24, 2.45) is 0 Å². The fourth-order valence-corrected chi connectivity index (χ4v) is 3.49. The zero-order chi connectivity index (χ0) is 17.5. The molecule has 132 valence electrons. The van der Waals surface area contributed by atoms with Crippen LogP contribution in [0, 0.1) is 0 Å². The Bertz CT molecular complexity index is 580. The number of hydrogen-bond donors (Lipinski definition) is 2. The summed E-state index contributed by atoms with van der Waals surface area (Å²) >= 11 is 0. The van der Waals surface area contributed by atoms with Gasteiger partial charge < -0.3 is 9.84 Å². The molecular weight excluding hydrogens is 314 g/mol. The number of sulfonamides is 1. The predicted molar refractivity (Wildman–Crippen MR) is 92.4 cm³/mol. The summed E-state index contributed by atoms with van der Waals surface area (Å²) < 4.78 is 33.2. The van der Waals surface area contributed by atoms with Crippen molar-refractivity contribution >= 4 is 10.0 Å². The Hall–Kier alpha value is -1.11. The van der Waals surface area contributed by atoms with Crippen molar-refractivity contribution in [3.63, 3.8) is 0 Å². The van der Waals surface area contributed by atoms with Crippen molar-refractivity contribution in [2.45, 2.75) is 63.8 Å². The summed E-state index contributed by atoms with van der Waals surface area (Å²) in [6, 6.07) is 4.47. The number of ether oxygens (including phenoxy) is 1. The average molecular weight is 343 g/mol. The molecule has 0 amide bonds. The third-order valence-corrected chi connectivity index (χ3v) is 5.22. The maximum absolute atomic E-state index is 12.4. The zero-order valence-electron chi connectivity index (χ0n) is 14.5.